The van der Waals surface area contributed by atoms with Crippen molar-refractivity contribution in [3.63, 3.8) is 0 Å². The molecule has 11 heteroatoms. The summed E-state index contributed by atoms with van der Waals surface area (Å²) in [6.07, 6.45) is 0.308. The Bertz CT molecular complexity index is 1130. The molecule has 0 aliphatic carbocycles. The van der Waals surface area contributed by atoms with E-state index in [1.807, 2.05) is 0 Å². The molecule has 2 aliphatic rings. The van der Waals surface area contributed by atoms with E-state index in [0.717, 1.165) is 16.3 Å². The minimum absolute atomic E-state index is 0.00878. The fourth-order valence-corrected chi connectivity index (χ4v) is 5.82. The van der Waals surface area contributed by atoms with Crippen LogP contribution in [0.2, 0.25) is 0 Å². The van der Waals surface area contributed by atoms with Crippen LogP contribution in [0, 0.1) is 11.7 Å². The molecule has 0 spiro atoms. The van der Waals surface area contributed by atoms with E-state index < -0.39 is 39.4 Å². The largest absolute Gasteiger partial charge is 0.301 e. The predicted molar refractivity (Wildman–Crippen MR) is 107 cm³/mol. The molecule has 4 rings (SSSR count). The molecule has 1 aromatic carbocycles. The summed E-state index contributed by atoms with van der Waals surface area (Å²) in [7, 11) is -3.19. The van der Waals surface area contributed by atoms with Gasteiger partial charge in [0.2, 0.25) is 5.91 Å². The normalized spacial score (nSPS) is 23.3. The molecule has 29 heavy (non-hydrogen) atoms. The van der Waals surface area contributed by atoms with Gasteiger partial charge in [-0.2, -0.15) is 5.10 Å². The van der Waals surface area contributed by atoms with Crippen molar-refractivity contribution in [1.29, 1.82) is 0 Å². The minimum atomic E-state index is -3.19. The Hall–Kier alpha value is -2.66. The average Bonchev–Trinajstić information content (AvgIpc) is 3.32. The number of rotatable bonds is 4. The quantitative estimate of drug-likeness (QED) is 0.737. The number of hydrogen-bond acceptors (Lipinski definition) is 7. The zero-order chi connectivity index (χ0) is 20.8. The molecule has 0 saturated carbocycles. The number of hydrazone groups is 1. The van der Waals surface area contributed by atoms with E-state index >= 15 is 0 Å². The lowest BCUT2D eigenvalue weighted by molar-refractivity contribution is -0.137. The fourth-order valence-electron chi connectivity index (χ4n) is 3.41. The van der Waals surface area contributed by atoms with Crippen LogP contribution in [-0.2, 0) is 19.4 Å². The highest BCUT2D eigenvalue weighted by Crippen LogP contribution is 2.28. The van der Waals surface area contributed by atoms with Crippen LogP contribution in [0.3, 0.4) is 0 Å². The SMILES string of the molecule is CC1=NN(C2CCS(=O)(=O)C2)C(=O)C1C(=O)Nc1nc(-c2cccc(F)c2)cs1. The third kappa shape index (κ3) is 3.92. The van der Waals surface area contributed by atoms with Crippen molar-refractivity contribution in [3.05, 3.63) is 35.5 Å². The number of benzene rings is 1. The topological polar surface area (TPSA) is 109 Å². The van der Waals surface area contributed by atoms with Gasteiger partial charge in [-0.3, -0.25) is 9.59 Å². The van der Waals surface area contributed by atoms with Crippen LogP contribution in [0.4, 0.5) is 9.52 Å². The van der Waals surface area contributed by atoms with Crippen LogP contribution in [0.15, 0.2) is 34.7 Å². The maximum Gasteiger partial charge on any atom is 0.261 e. The molecule has 2 atom stereocenters. The second kappa shape index (κ2) is 7.30. The predicted octanol–water partition coefficient (Wildman–Crippen LogP) is 1.91. The summed E-state index contributed by atoms with van der Waals surface area (Å²) in [6, 6.07) is 5.39. The first kappa shape index (κ1) is 19.6. The highest BCUT2D eigenvalue weighted by atomic mass is 32.2. The molecule has 2 amide bonds. The number of hydrogen-bond donors (Lipinski definition) is 1. The van der Waals surface area contributed by atoms with Gasteiger partial charge < -0.3 is 5.32 Å². The summed E-state index contributed by atoms with van der Waals surface area (Å²) in [5.41, 5.74) is 1.38. The molecular formula is C18H17FN4O4S2. The average molecular weight is 436 g/mol. The number of sulfone groups is 1. The van der Waals surface area contributed by atoms with Crippen LogP contribution in [0.25, 0.3) is 11.3 Å². The highest BCUT2D eigenvalue weighted by molar-refractivity contribution is 7.91. The number of carbonyl (C=O) groups is 2. The summed E-state index contributed by atoms with van der Waals surface area (Å²) in [6.45, 7) is 1.56. The first-order valence-electron chi connectivity index (χ1n) is 8.84. The Morgan fingerprint density at radius 1 is 1.38 bits per heavy atom. The number of anilines is 1. The molecule has 0 bridgehead atoms. The van der Waals surface area contributed by atoms with Gasteiger partial charge in [0.05, 0.1) is 29.0 Å². The molecule has 2 aliphatic heterocycles. The maximum atomic E-state index is 13.4. The first-order chi connectivity index (χ1) is 13.7. The van der Waals surface area contributed by atoms with Gasteiger partial charge in [-0.15, -0.1) is 11.3 Å². The van der Waals surface area contributed by atoms with Gasteiger partial charge in [-0.05, 0) is 25.5 Å². The number of halogens is 1. The summed E-state index contributed by atoms with van der Waals surface area (Å²) >= 11 is 1.16. The van der Waals surface area contributed by atoms with Gasteiger partial charge in [0.15, 0.2) is 20.9 Å². The molecular weight excluding hydrogens is 419 g/mol. The smallest absolute Gasteiger partial charge is 0.261 e. The Kier molecular flexibility index (Phi) is 4.95. The number of nitrogens with one attached hydrogen (secondary N) is 1. The number of carbonyl (C=O) groups excluding carboxylic acids is 2. The van der Waals surface area contributed by atoms with Crippen molar-refractivity contribution in [1.82, 2.24) is 9.99 Å². The van der Waals surface area contributed by atoms with E-state index in [9.17, 15) is 22.4 Å². The van der Waals surface area contributed by atoms with Gasteiger partial charge in [0.1, 0.15) is 5.82 Å². The first-order valence-corrected chi connectivity index (χ1v) is 11.5. The lowest BCUT2D eigenvalue weighted by atomic mass is 10.0. The number of thiazole rings is 1. The van der Waals surface area contributed by atoms with Crippen LogP contribution < -0.4 is 5.32 Å². The molecule has 8 nitrogen and oxygen atoms in total. The van der Waals surface area contributed by atoms with Gasteiger partial charge in [-0.1, -0.05) is 12.1 Å². The van der Waals surface area contributed by atoms with E-state index in [2.05, 4.69) is 15.4 Å². The van der Waals surface area contributed by atoms with Crippen LogP contribution in [0.5, 0.6) is 0 Å². The third-order valence-electron chi connectivity index (χ3n) is 4.83. The molecule has 1 saturated heterocycles. The standard InChI is InChI=1S/C18H17FN4O4S2/c1-10-15(17(25)23(22-10)13-5-6-29(26,27)9-13)16(24)21-18-20-14(8-28-18)11-3-2-4-12(19)7-11/h2-4,7-8,13,15H,5-6,9H2,1H3,(H,20,21,24). The fraction of sp³-hybridized carbons (Fsp3) is 0.333. The van der Waals surface area contributed by atoms with Gasteiger partial charge in [0, 0.05) is 10.9 Å². The van der Waals surface area contributed by atoms with Crippen molar-refractivity contribution in [2.75, 3.05) is 16.8 Å². The lowest BCUT2D eigenvalue weighted by Crippen LogP contribution is -2.40. The number of amides is 2. The second-order valence-corrected chi connectivity index (χ2v) is 10.0. The minimum Gasteiger partial charge on any atom is -0.301 e. The van der Waals surface area contributed by atoms with Crippen LogP contribution in [0.1, 0.15) is 13.3 Å². The summed E-state index contributed by atoms with van der Waals surface area (Å²) in [5.74, 6) is -2.77. The molecule has 1 N–H and O–H groups in total. The van der Waals surface area contributed by atoms with E-state index in [-0.39, 0.29) is 16.6 Å². The maximum absolute atomic E-state index is 13.4. The van der Waals surface area contributed by atoms with Crippen molar-refractivity contribution >= 4 is 43.8 Å². The third-order valence-corrected chi connectivity index (χ3v) is 7.34. The Morgan fingerprint density at radius 2 is 2.17 bits per heavy atom. The molecule has 1 fully saturated rings. The zero-order valence-corrected chi connectivity index (χ0v) is 17.0. The van der Waals surface area contributed by atoms with Crippen molar-refractivity contribution in [2.24, 2.45) is 11.0 Å². The Morgan fingerprint density at radius 3 is 2.86 bits per heavy atom. The number of nitrogens with zero attached hydrogens (tertiary/aromatic N) is 3. The molecule has 3 heterocycles. The number of aromatic nitrogens is 1. The van der Waals surface area contributed by atoms with Crippen molar-refractivity contribution < 1.29 is 22.4 Å². The van der Waals surface area contributed by atoms with Gasteiger partial charge in [0.25, 0.3) is 5.91 Å². The molecule has 152 valence electrons. The van der Waals surface area contributed by atoms with E-state index in [1.165, 1.54) is 12.1 Å². The molecule has 2 unspecified atom stereocenters. The monoisotopic (exact) mass is 436 g/mol. The lowest BCUT2D eigenvalue weighted by Gasteiger charge is -2.19. The zero-order valence-electron chi connectivity index (χ0n) is 15.3. The molecule has 2 aromatic rings. The van der Waals surface area contributed by atoms with E-state index in [0.29, 0.717) is 23.4 Å². The Balaban J connectivity index is 1.47. The van der Waals surface area contributed by atoms with E-state index in [1.54, 1.807) is 24.4 Å². The second-order valence-electron chi connectivity index (χ2n) is 6.95. The van der Waals surface area contributed by atoms with Gasteiger partial charge in [-0.25, -0.2) is 22.8 Å². The van der Waals surface area contributed by atoms with Crippen molar-refractivity contribution in [2.45, 2.75) is 19.4 Å². The van der Waals surface area contributed by atoms with E-state index in [4.69, 9.17) is 0 Å². The van der Waals surface area contributed by atoms with Gasteiger partial charge >= 0.3 is 0 Å². The van der Waals surface area contributed by atoms with Crippen molar-refractivity contribution in [3.8, 4) is 11.3 Å². The highest BCUT2D eigenvalue weighted by Gasteiger charge is 2.45. The van der Waals surface area contributed by atoms with Crippen LogP contribution in [-0.4, -0.2) is 53.5 Å². The summed E-state index contributed by atoms with van der Waals surface area (Å²) in [4.78, 5) is 29.7. The molecule has 1 aromatic heterocycles. The summed E-state index contributed by atoms with van der Waals surface area (Å²) < 4.78 is 36.8. The summed E-state index contributed by atoms with van der Waals surface area (Å²) in [5, 5.41) is 9.83. The van der Waals surface area contributed by atoms with Crippen LogP contribution >= 0.6 is 11.3 Å². The Labute approximate surface area is 170 Å². The molecule has 0 radical (unpaired) electrons.